The zero-order valence-electron chi connectivity index (χ0n) is 13.8. The summed E-state index contributed by atoms with van der Waals surface area (Å²) in [5.41, 5.74) is 0.413. The van der Waals surface area contributed by atoms with Gasteiger partial charge in [0, 0.05) is 25.7 Å². The van der Waals surface area contributed by atoms with Gasteiger partial charge in [0.2, 0.25) is 0 Å². The summed E-state index contributed by atoms with van der Waals surface area (Å²) in [7, 11) is 4.57. The number of hydrogen-bond donors (Lipinski definition) is 1. The normalized spacial score (nSPS) is 24.0. The van der Waals surface area contributed by atoms with Crippen molar-refractivity contribution < 1.29 is 0 Å². The van der Waals surface area contributed by atoms with E-state index in [4.69, 9.17) is 0 Å². The molecule has 114 valence electrons. The molecule has 1 aliphatic heterocycles. The first kappa shape index (κ1) is 16.9. The van der Waals surface area contributed by atoms with Gasteiger partial charge in [0.05, 0.1) is 0 Å². The van der Waals surface area contributed by atoms with E-state index in [1.165, 1.54) is 45.3 Å². The van der Waals surface area contributed by atoms with E-state index in [0.29, 0.717) is 5.41 Å². The second-order valence-corrected chi connectivity index (χ2v) is 6.81. The van der Waals surface area contributed by atoms with Gasteiger partial charge in [0.15, 0.2) is 0 Å². The minimum atomic E-state index is 0.413. The molecule has 0 aromatic rings. The Morgan fingerprint density at radius 1 is 1.37 bits per heavy atom. The van der Waals surface area contributed by atoms with Crippen molar-refractivity contribution in [1.82, 2.24) is 15.1 Å². The van der Waals surface area contributed by atoms with E-state index in [9.17, 15) is 0 Å². The third kappa shape index (κ3) is 5.80. The highest BCUT2D eigenvalue weighted by Gasteiger charge is 2.27. The molecule has 1 fully saturated rings. The number of likely N-dealkylation sites (N-methyl/N-ethyl adjacent to an activating group) is 2. The maximum atomic E-state index is 3.54. The Hall–Kier alpha value is -0.120. The molecule has 1 aliphatic rings. The molecule has 2 unspecified atom stereocenters. The zero-order chi connectivity index (χ0) is 14.3. The summed E-state index contributed by atoms with van der Waals surface area (Å²) in [5.74, 6) is 0. The first-order valence-electron chi connectivity index (χ1n) is 8.10. The topological polar surface area (TPSA) is 18.5 Å². The predicted molar refractivity (Wildman–Crippen MR) is 84.7 cm³/mol. The van der Waals surface area contributed by atoms with Crippen molar-refractivity contribution in [3.05, 3.63) is 0 Å². The molecule has 0 aromatic heterocycles. The highest BCUT2D eigenvalue weighted by molar-refractivity contribution is 4.83. The summed E-state index contributed by atoms with van der Waals surface area (Å²) in [6.07, 6.45) is 5.33. The van der Waals surface area contributed by atoms with Crippen molar-refractivity contribution in [3.8, 4) is 0 Å². The Bertz CT molecular complexity index is 244. The molecule has 2 atom stereocenters. The third-order valence-corrected chi connectivity index (χ3v) is 4.50. The average molecular weight is 269 g/mol. The monoisotopic (exact) mass is 269 g/mol. The van der Waals surface area contributed by atoms with Gasteiger partial charge in [0.25, 0.3) is 0 Å². The van der Waals surface area contributed by atoms with Gasteiger partial charge < -0.3 is 15.1 Å². The van der Waals surface area contributed by atoms with Gasteiger partial charge in [-0.15, -0.1) is 0 Å². The van der Waals surface area contributed by atoms with E-state index in [-0.39, 0.29) is 0 Å². The van der Waals surface area contributed by atoms with Crippen LogP contribution in [0.3, 0.4) is 0 Å². The Morgan fingerprint density at radius 2 is 2.11 bits per heavy atom. The highest BCUT2D eigenvalue weighted by Crippen LogP contribution is 2.24. The second-order valence-electron chi connectivity index (χ2n) is 6.81. The first-order valence-corrected chi connectivity index (χ1v) is 8.10. The van der Waals surface area contributed by atoms with E-state index in [2.05, 4.69) is 50.0 Å². The molecule has 19 heavy (non-hydrogen) atoms. The Labute approximate surface area is 120 Å². The molecule has 1 rings (SSSR count). The molecule has 1 saturated heterocycles. The summed E-state index contributed by atoms with van der Waals surface area (Å²) >= 11 is 0. The first-order chi connectivity index (χ1) is 9.00. The maximum Gasteiger partial charge on any atom is 0.0220 e. The van der Waals surface area contributed by atoms with Crippen LogP contribution in [0.15, 0.2) is 0 Å². The summed E-state index contributed by atoms with van der Waals surface area (Å²) < 4.78 is 0. The predicted octanol–water partition coefficient (Wildman–Crippen LogP) is 2.43. The van der Waals surface area contributed by atoms with Gasteiger partial charge in [-0.1, -0.05) is 27.2 Å². The number of nitrogens with zero attached hydrogens (tertiary/aromatic N) is 2. The lowest BCUT2D eigenvalue weighted by molar-refractivity contribution is 0.144. The van der Waals surface area contributed by atoms with Crippen LogP contribution in [-0.4, -0.2) is 62.7 Å². The van der Waals surface area contributed by atoms with Crippen LogP contribution in [0.5, 0.6) is 0 Å². The summed E-state index contributed by atoms with van der Waals surface area (Å²) in [4.78, 5) is 5.08. The van der Waals surface area contributed by atoms with Crippen LogP contribution in [0.2, 0.25) is 0 Å². The van der Waals surface area contributed by atoms with Crippen LogP contribution in [-0.2, 0) is 0 Å². The van der Waals surface area contributed by atoms with Crippen molar-refractivity contribution in [1.29, 1.82) is 0 Å². The summed E-state index contributed by atoms with van der Waals surface area (Å²) in [6.45, 7) is 12.9. The van der Waals surface area contributed by atoms with E-state index in [1.807, 2.05) is 0 Å². The molecule has 0 spiro atoms. The van der Waals surface area contributed by atoms with Crippen LogP contribution < -0.4 is 5.32 Å². The zero-order valence-corrected chi connectivity index (χ0v) is 13.8. The molecule has 0 aliphatic carbocycles. The minimum Gasteiger partial charge on any atom is -0.316 e. The van der Waals surface area contributed by atoms with Crippen molar-refractivity contribution >= 4 is 0 Å². The summed E-state index contributed by atoms with van der Waals surface area (Å²) in [6, 6.07) is 0.773. The lowest BCUT2D eigenvalue weighted by Crippen LogP contribution is -2.44. The molecule has 3 heteroatoms. The maximum absolute atomic E-state index is 3.54. The molecule has 0 bridgehead atoms. The summed E-state index contributed by atoms with van der Waals surface area (Å²) in [5, 5.41) is 3.54. The highest BCUT2D eigenvalue weighted by atomic mass is 15.2. The Balaban J connectivity index is 2.43. The van der Waals surface area contributed by atoms with Gasteiger partial charge in [-0.25, -0.2) is 0 Å². The van der Waals surface area contributed by atoms with Gasteiger partial charge in [-0.05, 0) is 51.9 Å². The van der Waals surface area contributed by atoms with E-state index in [0.717, 1.165) is 19.1 Å². The van der Waals surface area contributed by atoms with Crippen LogP contribution in [0, 0.1) is 5.41 Å². The van der Waals surface area contributed by atoms with Crippen LogP contribution in [0.4, 0.5) is 0 Å². The van der Waals surface area contributed by atoms with E-state index < -0.39 is 0 Å². The number of hydrogen-bond acceptors (Lipinski definition) is 3. The fourth-order valence-corrected chi connectivity index (χ4v) is 3.54. The third-order valence-electron chi connectivity index (χ3n) is 4.50. The smallest absolute Gasteiger partial charge is 0.0220 e. The molecular formula is C16H35N3. The number of likely N-dealkylation sites (tertiary alicyclic amines) is 1. The van der Waals surface area contributed by atoms with Gasteiger partial charge in [-0.3, -0.25) is 0 Å². The van der Waals surface area contributed by atoms with Crippen molar-refractivity contribution in [3.63, 3.8) is 0 Å². The quantitative estimate of drug-likeness (QED) is 0.693. The van der Waals surface area contributed by atoms with Crippen molar-refractivity contribution in [2.75, 3.05) is 46.8 Å². The molecular weight excluding hydrogens is 234 g/mol. The number of rotatable bonds is 9. The van der Waals surface area contributed by atoms with E-state index in [1.54, 1.807) is 0 Å². The van der Waals surface area contributed by atoms with Crippen LogP contribution in [0.1, 0.15) is 46.5 Å². The molecule has 0 radical (unpaired) electrons. The minimum absolute atomic E-state index is 0.413. The van der Waals surface area contributed by atoms with Crippen LogP contribution in [0.25, 0.3) is 0 Å². The average Bonchev–Trinajstić information content (AvgIpc) is 2.72. The SMILES string of the molecule is CCCC(C)(CNCC)CN(C)CC1CCCN1C. The Kier molecular flexibility index (Phi) is 7.33. The lowest BCUT2D eigenvalue weighted by atomic mass is 9.84. The lowest BCUT2D eigenvalue weighted by Gasteiger charge is -2.36. The molecule has 0 aromatic carbocycles. The molecule has 0 amide bonds. The van der Waals surface area contributed by atoms with Crippen molar-refractivity contribution in [2.24, 2.45) is 5.41 Å². The standard InChI is InChI=1S/C16H35N3/c1-6-10-16(3,13-17-7-2)14-18(4)12-15-9-8-11-19(15)5/h15,17H,6-14H2,1-5H3. The van der Waals surface area contributed by atoms with Gasteiger partial charge in [0.1, 0.15) is 0 Å². The van der Waals surface area contributed by atoms with Crippen molar-refractivity contribution in [2.45, 2.75) is 52.5 Å². The molecule has 1 N–H and O–H groups in total. The fourth-order valence-electron chi connectivity index (χ4n) is 3.54. The fraction of sp³-hybridized carbons (Fsp3) is 1.00. The van der Waals surface area contributed by atoms with Gasteiger partial charge in [-0.2, -0.15) is 0 Å². The second kappa shape index (κ2) is 8.23. The largest absolute Gasteiger partial charge is 0.316 e. The van der Waals surface area contributed by atoms with E-state index >= 15 is 0 Å². The molecule has 3 nitrogen and oxygen atoms in total. The van der Waals surface area contributed by atoms with Crippen LogP contribution >= 0.6 is 0 Å². The van der Waals surface area contributed by atoms with Gasteiger partial charge >= 0.3 is 0 Å². The Morgan fingerprint density at radius 3 is 2.63 bits per heavy atom. The number of nitrogens with one attached hydrogen (secondary N) is 1. The molecule has 0 saturated carbocycles. The molecule has 1 heterocycles.